The molecular weight excluding hydrogens is 501 g/mol. The molecule has 2 rings (SSSR count). The lowest BCUT2D eigenvalue weighted by Crippen LogP contribution is -2.51. The van der Waals surface area contributed by atoms with Crippen LogP contribution in [0.3, 0.4) is 0 Å². The molecule has 0 aliphatic carbocycles. The number of carbonyl (C=O) groups is 2. The molecule has 1 saturated heterocycles. The highest BCUT2D eigenvalue weighted by atomic mass is 35.5. The molecule has 0 atom stereocenters. The maximum Gasteiger partial charge on any atom is 0.238 e. The molecule has 11 heteroatoms. The Kier molecular flexibility index (Phi) is 12.1. The molecule has 0 spiro atoms. The fourth-order valence-corrected chi connectivity index (χ4v) is 5.73. The van der Waals surface area contributed by atoms with Crippen molar-refractivity contribution in [3.05, 3.63) is 34.9 Å². The van der Waals surface area contributed by atoms with Gasteiger partial charge in [-0.25, -0.2) is 8.42 Å². The number of likely N-dealkylation sites (tertiary alicyclic amines) is 1. The molecule has 2 amide bonds. The number of halogens is 2. The van der Waals surface area contributed by atoms with Gasteiger partial charge in [0.05, 0.1) is 18.9 Å². The zero-order chi connectivity index (χ0) is 25.1. The minimum absolute atomic E-state index is 0.0143. The highest BCUT2D eigenvalue weighted by Gasteiger charge is 2.32. The van der Waals surface area contributed by atoms with Crippen molar-refractivity contribution in [3.63, 3.8) is 0 Å². The summed E-state index contributed by atoms with van der Waals surface area (Å²) in [6.07, 6.45) is 1.99. The van der Waals surface area contributed by atoms with Gasteiger partial charge in [-0.3, -0.25) is 9.59 Å². The Labute approximate surface area is 213 Å². The second-order valence-corrected chi connectivity index (χ2v) is 11.2. The predicted molar refractivity (Wildman–Crippen MR) is 134 cm³/mol. The van der Waals surface area contributed by atoms with Gasteiger partial charge in [0.1, 0.15) is 0 Å². The normalized spacial score (nSPS) is 15.0. The third-order valence-electron chi connectivity index (χ3n) is 5.86. The molecule has 1 fully saturated rings. The van der Waals surface area contributed by atoms with E-state index in [2.05, 4.69) is 0 Å². The van der Waals surface area contributed by atoms with Crippen molar-refractivity contribution in [1.29, 1.82) is 0 Å². The number of nitrogens with zero attached hydrogens (tertiary/aromatic N) is 3. The first kappa shape index (κ1) is 28.8. The van der Waals surface area contributed by atoms with E-state index in [0.29, 0.717) is 50.3 Å². The van der Waals surface area contributed by atoms with Crippen LogP contribution in [0.15, 0.2) is 24.3 Å². The average molecular weight is 537 g/mol. The summed E-state index contributed by atoms with van der Waals surface area (Å²) in [5, 5.41) is 0.601. The van der Waals surface area contributed by atoms with Gasteiger partial charge in [-0.05, 0) is 37.0 Å². The SMILES string of the molecule is CCCS(=O)(=O)N(CCOC)CC(=O)N(Cc1ccc(Cl)cc1)C1CCN(C(=O)CCCl)CC1. The van der Waals surface area contributed by atoms with Crippen LogP contribution in [0.5, 0.6) is 0 Å². The Morgan fingerprint density at radius 1 is 1.18 bits per heavy atom. The molecule has 0 unspecified atom stereocenters. The highest BCUT2D eigenvalue weighted by Crippen LogP contribution is 2.22. The van der Waals surface area contributed by atoms with E-state index in [1.165, 1.54) is 11.4 Å². The van der Waals surface area contributed by atoms with Gasteiger partial charge in [-0.1, -0.05) is 30.7 Å². The number of sulfonamides is 1. The number of hydrogen-bond donors (Lipinski definition) is 0. The number of piperidine rings is 1. The van der Waals surface area contributed by atoms with Crippen molar-refractivity contribution in [2.45, 2.75) is 45.2 Å². The van der Waals surface area contributed by atoms with E-state index >= 15 is 0 Å². The molecule has 1 aromatic carbocycles. The van der Waals surface area contributed by atoms with E-state index in [1.54, 1.807) is 28.9 Å². The molecule has 0 aromatic heterocycles. The topological polar surface area (TPSA) is 87.2 Å². The van der Waals surface area contributed by atoms with Gasteiger partial charge in [0, 0.05) is 56.7 Å². The molecule has 0 saturated carbocycles. The minimum Gasteiger partial charge on any atom is -0.383 e. The predicted octanol–water partition coefficient (Wildman–Crippen LogP) is 2.98. The number of ether oxygens (including phenoxy) is 1. The van der Waals surface area contributed by atoms with Crippen molar-refractivity contribution in [1.82, 2.24) is 14.1 Å². The molecule has 0 N–H and O–H groups in total. The van der Waals surface area contributed by atoms with Gasteiger partial charge in [0.2, 0.25) is 21.8 Å². The minimum atomic E-state index is -3.59. The molecule has 1 aromatic rings. The molecule has 0 radical (unpaired) electrons. The second-order valence-electron chi connectivity index (χ2n) is 8.34. The van der Waals surface area contributed by atoms with Crippen molar-refractivity contribution in [2.75, 3.05) is 51.5 Å². The van der Waals surface area contributed by atoms with Gasteiger partial charge in [-0.15, -0.1) is 11.6 Å². The van der Waals surface area contributed by atoms with Crippen molar-refractivity contribution >= 4 is 45.0 Å². The molecule has 1 heterocycles. The average Bonchev–Trinajstić information content (AvgIpc) is 2.81. The summed E-state index contributed by atoms with van der Waals surface area (Å²) in [7, 11) is -2.09. The van der Waals surface area contributed by atoms with E-state index in [-0.39, 0.29) is 49.2 Å². The summed E-state index contributed by atoms with van der Waals surface area (Å²) < 4.78 is 31.8. The number of alkyl halides is 1. The van der Waals surface area contributed by atoms with Crippen LogP contribution in [-0.2, 0) is 30.9 Å². The van der Waals surface area contributed by atoms with Gasteiger partial charge < -0.3 is 14.5 Å². The zero-order valence-corrected chi connectivity index (χ0v) is 22.2. The fourth-order valence-electron chi connectivity index (χ4n) is 4.01. The van der Waals surface area contributed by atoms with Crippen LogP contribution >= 0.6 is 23.2 Å². The molecule has 1 aliphatic rings. The summed E-state index contributed by atoms with van der Waals surface area (Å²) in [6, 6.07) is 7.14. The lowest BCUT2D eigenvalue weighted by molar-refractivity contribution is -0.137. The Balaban J connectivity index is 2.21. The lowest BCUT2D eigenvalue weighted by Gasteiger charge is -2.39. The zero-order valence-electron chi connectivity index (χ0n) is 19.9. The first-order valence-electron chi connectivity index (χ1n) is 11.6. The number of hydrogen-bond acceptors (Lipinski definition) is 5. The second kappa shape index (κ2) is 14.2. The maximum atomic E-state index is 13.5. The van der Waals surface area contributed by atoms with E-state index in [9.17, 15) is 18.0 Å². The molecular formula is C23H35Cl2N3O5S. The third-order valence-corrected chi connectivity index (χ3v) is 8.33. The monoisotopic (exact) mass is 535 g/mol. The van der Waals surface area contributed by atoms with Crippen molar-refractivity contribution in [3.8, 4) is 0 Å². The van der Waals surface area contributed by atoms with E-state index in [0.717, 1.165) is 5.56 Å². The molecule has 192 valence electrons. The van der Waals surface area contributed by atoms with Crippen LogP contribution in [0.25, 0.3) is 0 Å². The van der Waals surface area contributed by atoms with Gasteiger partial charge in [-0.2, -0.15) is 4.31 Å². The number of amides is 2. The molecule has 34 heavy (non-hydrogen) atoms. The molecule has 8 nitrogen and oxygen atoms in total. The summed E-state index contributed by atoms with van der Waals surface area (Å²) in [5.41, 5.74) is 0.901. The van der Waals surface area contributed by atoms with Gasteiger partial charge in [0.15, 0.2) is 0 Å². The van der Waals surface area contributed by atoms with Crippen LogP contribution in [-0.4, -0.2) is 91.9 Å². The highest BCUT2D eigenvalue weighted by molar-refractivity contribution is 7.89. The van der Waals surface area contributed by atoms with Gasteiger partial charge in [0.25, 0.3) is 0 Å². The van der Waals surface area contributed by atoms with Crippen LogP contribution in [0.1, 0.15) is 38.2 Å². The largest absolute Gasteiger partial charge is 0.383 e. The van der Waals surface area contributed by atoms with E-state index in [4.69, 9.17) is 27.9 Å². The molecule has 1 aliphatic heterocycles. The molecule has 0 bridgehead atoms. The first-order chi connectivity index (χ1) is 16.2. The Hall–Kier alpha value is -1.39. The van der Waals surface area contributed by atoms with Crippen LogP contribution in [0.2, 0.25) is 5.02 Å². The fraction of sp³-hybridized carbons (Fsp3) is 0.652. The summed E-state index contributed by atoms with van der Waals surface area (Å²) in [4.78, 5) is 29.2. The van der Waals surface area contributed by atoms with E-state index < -0.39 is 10.0 Å². The van der Waals surface area contributed by atoms with Crippen LogP contribution in [0, 0.1) is 0 Å². The van der Waals surface area contributed by atoms with Crippen LogP contribution in [0.4, 0.5) is 0 Å². The summed E-state index contributed by atoms with van der Waals surface area (Å²) in [5.74, 6) is 0.00263. The maximum absolute atomic E-state index is 13.5. The van der Waals surface area contributed by atoms with E-state index in [1.807, 2.05) is 12.1 Å². The first-order valence-corrected chi connectivity index (χ1v) is 14.1. The van der Waals surface area contributed by atoms with Crippen molar-refractivity contribution < 1.29 is 22.7 Å². The Morgan fingerprint density at radius 2 is 1.82 bits per heavy atom. The van der Waals surface area contributed by atoms with Crippen LogP contribution < -0.4 is 0 Å². The quantitative estimate of drug-likeness (QED) is 0.362. The number of methoxy groups -OCH3 is 1. The number of benzene rings is 1. The smallest absolute Gasteiger partial charge is 0.238 e. The summed E-state index contributed by atoms with van der Waals surface area (Å²) >= 11 is 11.7. The third kappa shape index (κ3) is 8.68. The van der Waals surface area contributed by atoms with Crippen molar-refractivity contribution in [2.24, 2.45) is 0 Å². The number of rotatable bonds is 13. The standard InChI is InChI=1S/C23H35Cl2N3O5S/c1-3-16-34(31,32)27(14-15-33-2)18-23(30)28(17-19-4-6-20(25)7-5-19)21-9-12-26(13-10-21)22(29)8-11-24/h4-7,21H,3,8-18H2,1-2H3. The Morgan fingerprint density at radius 3 is 2.38 bits per heavy atom. The Bertz CT molecular complexity index is 890. The lowest BCUT2D eigenvalue weighted by atomic mass is 10.0. The van der Waals surface area contributed by atoms with Gasteiger partial charge >= 0.3 is 0 Å². The number of carbonyl (C=O) groups excluding carboxylic acids is 2. The summed E-state index contributed by atoms with van der Waals surface area (Å²) in [6.45, 7) is 3.27.